The van der Waals surface area contributed by atoms with Gasteiger partial charge in [-0.15, -0.1) is 0 Å². The molecule has 0 saturated heterocycles. The maximum Gasteiger partial charge on any atom is 0.103 e. The van der Waals surface area contributed by atoms with Gasteiger partial charge in [-0.3, -0.25) is 0 Å². The predicted molar refractivity (Wildman–Crippen MR) is 67.4 cm³/mol. The van der Waals surface area contributed by atoms with Gasteiger partial charge < -0.3 is 15.2 Å². The third-order valence-corrected chi connectivity index (χ3v) is 2.79. The van der Waals surface area contributed by atoms with E-state index in [9.17, 15) is 0 Å². The molecular weight excluding hydrogens is 200 g/mol. The fraction of sp³-hybridized carbons (Fsp3) is 0.750. The molecule has 2 N–H and O–H groups in total. The van der Waals surface area contributed by atoms with Crippen LogP contribution in [0.15, 0.2) is 6.20 Å². The molecule has 0 aliphatic rings. The van der Waals surface area contributed by atoms with E-state index >= 15 is 0 Å². The summed E-state index contributed by atoms with van der Waals surface area (Å²) < 4.78 is 0. The third kappa shape index (κ3) is 4.77. The first-order valence-corrected chi connectivity index (χ1v) is 6.19. The highest BCUT2D eigenvalue weighted by Gasteiger charge is 1.98. The van der Waals surface area contributed by atoms with Crippen LogP contribution in [0.2, 0.25) is 0 Å². The highest BCUT2D eigenvalue weighted by Crippen LogP contribution is 1.95. The molecule has 0 unspecified atom stereocenters. The zero-order valence-electron chi connectivity index (χ0n) is 10.7. The average Bonchev–Trinajstić information content (AvgIpc) is 2.70. The molecule has 1 aromatic heterocycles. The second-order valence-corrected chi connectivity index (χ2v) is 4.05. The number of nitrogens with one attached hydrogen (secondary N) is 2. The smallest absolute Gasteiger partial charge is 0.103 e. The Labute approximate surface area is 98.5 Å². The van der Waals surface area contributed by atoms with Gasteiger partial charge in [0.25, 0.3) is 0 Å². The molecule has 0 aliphatic heterocycles. The van der Waals surface area contributed by atoms with Crippen LogP contribution in [0.1, 0.15) is 31.8 Å². The van der Waals surface area contributed by atoms with Gasteiger partial charge in [-0.1, -0.05) is 13.8 Å². The highest BCUT2D eigenvalue weighted by molar-refractivity contribution is 4.98. The monoisotopic (exact) mass is 224 g/mol. The lowest BCUT2D eigenvalue weighted by Crippen LogP contribution is -2.27. The minimum Gasteiger partial charge on any atom is -0.345 e. The molecule has 0 aromatic carbocycles. The first kappa shape index (κ1) is 13.2. The minimum absolute atomic E-state index is 0.888. The molecule has 0 bridgehead atoms. The van der Waals surface area contributed by atoms with Crippen molar-refractivity contribution < 1.29 is 0 Å². The van der Waals surface area contributed by atoms with E-state index < -0.39 is 0 Å². The van der Waals surface area contributed by atoms with Gasteiger partial charge >= 0.3 is 0 Å². The van der Waals surface area contributed by atoms with E-state index in [1.165, 1.54) is 18.7 Å². The summed E-state index contributed by atoms with van der Waals surface area (Å²) in [6, 6.07) is 0. The molecular formula is C12H24N4. The Bertz CT molecular complexity index is 278. The number of aromatic nitrogens is 2. The van der Waals surface area contributed by atoms with Crippen LogP contribution in [-0.2, 0) is 6.54 Å². The van der Waals surface area contributed by atoms with Crippen molar-refractivity contribution in [2.24, 2.45) is 0 Å². The maximum atomic E-state index is 4.17. The first-order valence-electron chi connectivity index (χ1n) is 6.19. The zero-order valence-corrected chi connectivity index (χ0v) is 10.7. The Morgan fingerprint density at radius 1 is 1.38 bits per heavy atom. The van der Waals surface area contributed by atoms with Crippen LogP contribution >= 0.6 is 0 Å². The molecule has 0 radical (unpaired) electrons. The normalized spacial score (nSPS) is 11.2. The second-order valence-electron chi connectivity index (χ2n) is 4.05. The van der Waals surface area contributed by atoms with Crippen LogP contribution in [0.5, 0.6) is 0 Å². The van der Waals surface area contributed by atoms with Crippen molar-refractivity contribution in [1.82, 2.24) is 20.2 Å². The lowest BCUT2D eigenvalue weighted by Gasteiger charge is -2.17. The number of hydrogen-bond donors (Lipinski definition) is 2. The molecule has 0 saturated carbocycles. The zero-order chi connectivity index (χ0) is 11.8. The van der Waals surface area contributed by atoms with E-state index in [4.69, 9.17) is 0 Å². The Kier molecular flexibility index (Phi) is 6.11. The van der Waals surface area contributed by atoms with Gasteiger partial charge in [0.1, 0.15) is 5.82 Å². The van der Waals surface area contributed by atoms with Crippen molar-refractivity contribution in [2.75, 3.05) is 26.2 Å². The van der Waals surface area contributed by atoms with E-state index in [0.29, 0.717) is 0 Å². The summed E-state index contributed by atoms with van der Waals surface area (Å²) in [5.41, 5.74) is 1.17. The SMILES string of the molecule is CCN(CC)CCCNCc1cnc(C)[nH]1. The Morgan fingerprint density at radius 3 is 2.69 bits per heavy atom. The van der Waals surface area contributed by atoms with Crippen molar-refractivity contribution in [1.29, 1.82) is 0 Å². The van der Waals surface area contributed by atoms with Crippen molar-refractivity contribution >= 4 is 0 Å². The minimum atomic E-state index is 0.888. The summed E-state index contributed by atoms with van der Waals surface area (Å²) in [4.78, 5) is 9.83. The van der Waals surface area contributed by atoms with Crippen LogP contribution in [0.4, 0.5) is 0 Å². The number of rotatable bonds is 8. The molecule has 1 aromatic rings. The Hall–Kier alpha value is -0.870. The van der Waals surface area contributed by atoms with Crippen LogP contribution in [0.25, 0.3) is 0 Å². The summed E-state index contributed by atoms with van der Waals surface area (Å²) in [5, 5.41) is 3.42. The number of hydrogen-bond acceptors (Lipinski definition) is 3. The van der Waals surface area contributed by atoms with Crippen LogP contribution in [-0.4, -0.2) is 41.0 Å². The summed E-state index contributed by atoms with van der Waals surface area (Å²) in [6.45, 7) is 11.8. The third-order valence-electron chi connectivity index (χ3n) is 2.79. The van der Waals surface area contributed by atoms with Crippen LogP contribution in [0.3, 0.4) is 0 Å². The van der Waals surface area contributed by atoms with Crippen LogP contribution in [0, 0.1) is 6.92 Å². The van der Waals surface area contributed by atoms with Crippen molar-refractivity contribution in [3.8, 4) is 0 Å². The summed E-state index contributed by atoms with van der Waals surface area (Å²) >= 11 is 0. The summed E-state index contributed by atoms with van der Waals surface area (Å²) in [7, 11) is 0. The molecule has 4 heteroatoms. The molecule has 4 nitrogen and oxygen atoms in total. The lowest BCUT2D eigenvalue weighted by molar-refractivity contribution is 0.298. The van der Waals surface area contributed by atoms with Gasteiger partial charge in [0.05, 0.1) is 0 Å². The number of nitrogens with zero attached hydrogens (tertiary/aromatic N) is 2. The predicted octanol–water partition coefficient (Wildman–Crippen LogP) is 1.54. The van der Waals surface area contributed by atoms with Gasteiger partial charge in [0.2, 0.25) is 0 Å². The first-order chi connectivity index (χ1) is 7.76. The van der Waals surface area contributed by atoms with E-state index in [-0.39, 0.29) is 0 Å². The van der Waals surface area contributed by atoms with Gasteiger partial charge in [-0.05, 0) is 39.5 Å². The molecule has 92 valence electrons. The topological polar surface area (TPSA) is 44.0 Å². The van der Waals surface area contributed by atoms with E-state index in [1.807, 2.05) is 13.1 Å². The van der Waals surface area contributed by atoms with Gasteiger partial charge in [0, 0.05) is 18.4 Å². The van der Waals surface area contributed by atoms with Crippen molar-refractivity contribution in [2.45, 2.75) is 33.7 Å². The molecule has 0 fully saturated rings. The Balaban J connectivity index is 2.04. The Morgan fingerprint density at radius 2 is 2.12 bits per heavy atom. The maximum absolute atomic E-state index is 4.17. The molecule has 1 rings (SSSR count). The number of aromatic amines is 1. The number of aryl methyl sites for hydroxylation is 1. The summed E-state index contributed by atoms with van der Waals surface area (Å²) in [6.07, 6.45) is 3.10. The lowest BCUT2D eigenvalue weighted by atomic mass is 10.3. The van der Waals surface area contributed by atoms with Crippen molar-refractivity contribution in [3.63, 3.8) is 0 Å². The average molecular weight is 224 g/mol. The fourth-order valence-corrected chi connectivity index (χ4v) is 1.75. The highest BCUT2D eigenvalue weighted by atomic mass is 15.1. The van der Waals surface area contributed by atoms with Crippen LogP contribution < -0.4 is 5.32 Å². The van der Waals surface area contributed by atoms with Gasteiger partial charge in [0.15, 0.2) is 0 Å². The number of H-pyrrole nitrogens is 1. The fourth-order valence-electron chi connectivity index (χ4n) is 1.75. The second kappa shape index (κ2) is 7.41. The van der Waals surface area contributed by atoms with Gasteiger partial charge in [-0.25, -0.2) is 4.98 Å². The standard InChI is InChI=1S/C12H24N4/c1-4-16(5-2)8-6-7-13-9-12-10-14-11(3)15-12/h10,13H,4-9H2,1-3H3,(H,14,15). The molecule has 0 atom stereocenters. The largest absolute Gasteiger partial charge is 0.345 e. The van der Waals surface area contributed by atoms with E-state index in [1.54, 1.807) is 0 Å². The molecule has 0 aliphatic carbocycles. The summed E-state index contributed by atoms with van der Waals surface area (Å²) in [5.74, 6) is 0.986. The number of imidazole rings is 1. The van der Waals surface area contributed by atoms with Crippen molar-refractivity contribution in [3.05, 3.63) is 17.7 Å². The van der Waals surface area contributed by atoms with E-state index in [0.717, 1.165) is 32.0 Å². The van der Waals surface area contributed by atoms with Gasteiger partial charge in [-0.2, -0.15) is 0 Å². The quantitative estimate of drug-likeness (QED) is 0.658. The molecule has 1 heterocycles. The molecule has 0 spiro atoms. The van der Waals surface area contributed by atoms with E-state index in [2.05, 4.69) is 34.0 Å². The molecule has 0 amide bonds. The molecule has 16 heavy (non-hydrogen) atoms.